The molecule has 116 valence electrons. The van der Waals surface area contributed by atoms with Crippen molar-refractivity contribution in [2.45, 2.75) is 12.0 Å². The van der Waals surface area contributed by atoms with Crippen molar-refractivity contribution in [1.29, 1.82) is 0 Å². The quantitative estimate of drug-likeness (QED) is 0.852. The summed E-state index contributed by atoms with van der Waals surface area (Å²) in [7, 11) is 3.35. The summed E-state index contributed by atoms with van der Waals surface area (Å²) in [6.07, 6.45) is 0.703. The summed E-state index contributed by atoms with van der Waals surface area (Å²) in [5, 5.41) is 2.85. The van der Waals surface area contributed by atoms with Gasteiger partial charge >= 0.3 is 0 Å². The first-order valence-electron chi connectivity index (χ1n) is 6.94. The number of methoxy groups -OCH3 is 1. The molecule has 0 spiro atoms. The normalized spacial score (nSPS) is 21.6. The van der Waals surface area contributed by atoms with Gasteiger partial charge in [-0.3, -0.25) is 4.79 Å². The Kier molecular flexibility index (Phi) is 5.14. The molecule has 0 bridgehead atoms. The van der Waals surface area contributed by atoms with E-state index in [0.717, 1.165) is 0 Å². The molecule has 1 amide bonds. The molecule has 1 atom stereocenters. The standard InChI is InChI=1S/C15H21FN2O3/c1-17-9-14(19)18-7-6-15(10-18,20-2)11-21-13-5-3-4-12(16)8-13/h3-5,8,17H,6-7,9-11H2,1-2H3/t15-/m1/s1. The van der Waals surface area contributed by atoms with Gasteiger partial charge in [0.2, 0.25) is 5.91 Å². The Labute approximate surface area is 124 Å². The molecule has 5 nitrogen and oxygen atoms in total. The first-order chi connectivity index (χ1) is 10.1. The zero-order valence-corrected chi connectivity index (χ0v) is 12.4. The number of carbonyl (C=O) groups excluding carboxylic acids is 1. The van der Waals surface area contributed by atoms with Crippen molar-refractivity contribution in [2.24, 2.45) is 0 Å². The molecule has 1 heterocycles. The van der Waals surface area contributed by atoms with Crippen molar-refractivity contribution < 1.29 is 18.7 Å². The number of hydrogen-bond donors (Lipinski definition) is 1. The van der Waals surface area contributed by atoms with Crippen molar-refractivity contribution >= 4 is 5.91 Å². The van der Waals surface area contributed by atoms with Gasteiger partial charge in [-0.1, -0.05) is 6.07 Å². The van der Waals surface area contributed by atoms with Gasteiger partial charge in [-0.2, -0.15) is 0 Å². The molecule has 1 aromatic carbocycles. The predicted octanol–water partition coefficient (Wildman–Crippen LogP) is 1.04. The summed E-state index contributed by atoms with van der Waals surface area (Å²) >= 11 is 0. The summed E-state index contributed by atoms with van der Waals surface area (Å²) in [4.78, 5) is 13.6. The van der Waals surface area contributed by atoms with E-state index in [4.69, 9.17) is 9.47 Å². The molecule has 1 aliphatic rings. The van der Waals surface area contributed by atoms with E-state index in [1.54, 1.807) is 31.2 Å². The fraction of sp³-hybridized carbons (Fsp3) is 0.533. The van der Waals surface area contributed by atoms with E-state index in [1.807, 2.05) is 0 Å². The van der Waals surface area contributed by atoms with Crippen LogP contribution >= 0.6 is 0 Å². The van der Waals surface area contributed by atoms with E-state index in [1.165, 1.54) is 12.1 Å². The first-order valence-corrected chi connectivity index (χ1v) is 6.94. The topological polar surface area (TPSA) is 50.8 Å². The van der Waals surface area contributed by atoms with E-state index in [0.29, 0.717) is 31.8 Å². The number of likely N-dealkylation sites (N-methyl/N-ethyl adjacent to an activating group) is 1. The van der Waals surface area contributed by atoms with Crippen LogP contribution in [0, 0.1) is 5.82 Å². The maximum absolute atomic E-state index is 13.1. The highest BCUT2D eigenvalue weighted by atomic mass is 19.1. The van der Waals surface area contributed by atoms with Gasteiger partial charge < -0.3 is 19.7 Å². The Morgan fingerprint density at radius 2 is 2.33 bits per heavy atom. The van der Waals surface area contributed by atoms with Crippen LogP contribution in [0.25, 0.3) is 0 Å². The summed E-state index contributed by atoms with van der Waals surface area (Å²) in [6.45, 7) is 1.72. The van der Waals surface area contributed by atoms with Crippen LogP contribution < -0.4 is 10.1 Å². The predicted molar refractivity (Wildman–Crippen MR) is 76.8 cm³/mol. The minimum Gasteiger partial charge on any atom is -0.490 e. The second-order valence-corrected chi connectivity index (χ2v) is 5.23. The molecule has 21 heavy (non-hydrogen) atoms. The molecular formula is C15H21FN2O3. The number of nitrogens with one attached hydrogen (secondary N) is 1. The molecule has 1 aliphatic heterocycles. The van der Waals surface area contributed by atoms with Crippen molar-refractivity contribution in [3.63, 3.8) is 0 Å². The average molecular weight is 296 g/mol. The average Bonchev–Trinajstić information content (AvgIpc) is 2.91. The van der Waals surface area contributed by atoms with Crippen LogP contribution in [0.5, 0.6) is 5.75 Å². The highest BCUT2D eigenvalue weighted by molar-refractivity contribution is 5.78. The van der Waals surface area contributed by atoms with E-state index < -0.39 is 5.60 Å². The van der Waals surface area contributed by atoms with Gasteiger partial charge in [0.1, 0.15) is 23.8 Å². The summed E-state index contributed by atoms with van der Waals surface area (Å²) in [5.74, 6) is 0.171. The zero-order valence-electron chi connectivity index (χ0n) is 12.4. The number of carbonyl (C=O) groups is 1. The number of likely N-dealkylation sites (tertiary alicyclic amines) is 1. The molecule has 0 saturated carbocycles. The third-order valence-electron chi connectivity index (χ3n) is 3.73. The van der Waals surface area contributed by atoms with Crippen molar-refractivity contribution in [3.8, 4) is 5.75 Å². The Hall–Kier alpha value is -1.66. The fourth-order valence-electron chi connectivity index (χ4n) is 2.44. The number of ether oxygens (including phenoxy) is 2. The second-order valence-electron chi connectivity index (χ2n) is 5.23. The van der Waals surface area contributed by atoms with Crippen LogP contribution in [0.3, 0.4) is 0 Å². The molecule has 1 aromatic rings. The number of nitrogens with zero attached hydrogens (tertiary/aromatic N) is 1. The van der Waals surface area contributed by atoms with Gasteiger partial charge in [0, 0.05) is 19.7 Å². The van der Waals surface area contributed by atoms with Crippen LogP contribution in [-0.2, 0) is 9.53 Å². The third-order valence-corrected chi connectivity index (χ3v) is 3.73. The molecule has 0 aliphatic carbocycles. The Bertz CT molecular complexity index is 498. The maximum atomic E-state index is 13.1. The van der Waals surface area contributed by atoms with Crippen LogP contribution in [0.1, 0.15) is 6.42 Å². The van der Waals surface area contributed by atoms with Crippen molar-refractivity contribution in [3.05, 3.63) is 30.1 Å². The minimum atomic E-state index is -0.532. The minimum absolute atomic E-state index is 0.0437. The lowest BCUT2D eigenvalue weighted by Crippen LogP contribution is -2.44. The monoisotopic (exact) mass is 296 g/mol. The van der Waals surface area contributed by atoms with Gasteiger partial charge in [0.25, 0.3) is 0 Å². The maximum Gasteiger partial charge on any atom is 0.236 e. The molecule has 0 unspecified atom stereocenters. The summed E-state index contributed by atoms with van der Waals surface area (Å²) in [6, 6.07) is 6.00. The van der Waals surface area contributed by atoms with Crippen LogP contribution in [0.4, 0.5) is 4.39 Å². The molecule has 6 heteroatoms. The van der Waals surface area contributed by atoms with E-state index in [-0.39, 0.29) is 18.3 Å². The van der Waals surface area contributed by atoms with Crippen LogP contribution in [0.15, 0.2) is 24.3 Å². The Balaban J connectivity index is 1.95. The molecule has 1 fully saturated rings. The number of benzene rings is 1. The van der Waals surface area contributed by atoms with Gasteiger partial charge in [-0.25, -0.2) is 4.39 Å². The van der Waals surface area contributed by atoms with Crippen LogP contribution in [-0.4, -0.2) is 56.8 Å². The fourth-order valence-corrected chi connectivity index (χ4v) is 2.44. The number of hydrogen-bond acceptors (Lipinski definition) is 4. The number of halogens is 1. The van der Waals surface area contributed by atoms with Gasteiger partial charge in [0.05, 0.1) is 13.1 Å². The summed E-state index contributed by atoms with van der Waals surface area (Å²) in [5.41, 5.74) is -0.532. The highest BCUT2D eigenvalue weighted by Crippen LogP contribution is 2.26. The van der Waals surface area contributed by atoms with E-state index in [2.05, 4.69) is 5.32 Å². The molecule has 1 saturated heterocycles. The van der Waals surface area contributed by atoms with Gasteiger partial charge in [-0.15, -0.1) is 0 Å². The number of amides is 1. The molecule has 2 rings (SSSR count). The molecule has 1 N–H and O–H groups in total. The summed E-state index contributed by atoms with van der Waals surface area (Å²) < 4.78 is 24.3. The lowest BCUT2D eigenvalue weighted by molar-refractivity contribution is -0.130. The lowest BCUT2D eigenvalue weighted by atomic mass is 10.0. The van der Waals surface area contributed by atoms with Gasteiger partial charge in [0.15, 0.2) is 0 Å². The zero-order chi connectivity index (χ0) is 15.3. The van der Waals surface area contributed by atoms with Gasteiger partial charge in [-0.05, 0) is 25.6 Å². The lowest BCUT2D eigenvalue weighted by Gasteiger charge is -2.27. The SMILES string of the molecule is CNCC(=O)N1CC[C@@](COc2cccc(F)c2)(OC)C1. The Morgan fingerprint density at radius 3 is 3.00 bits per heavy atom. The smallest absolute Gasteiger partial charge is 0.236 e. The number of rotatable bonds is 6. The highest BCUT2D eigenvalue weighted by Gasteiger charge is 2.40. The van der Waals surface area contributed by atoms with E-state index in [9.17, 15) is 9.18 Å². The molecule has 0 radical (unpaired) electrons. The molecule has 0 aromatic heterocycles. The Morgan fingerprint density at radius 1 is 1.52 bits per heavy atom. The third kappa shape index (κ3) is 3.92. The van der Waals surface area contributed by atoms with Crippen molar-refractivity contribution in [1.82, 2.24) is 10.2 Å². The van der Waals surface area contributed by atoms with Crippen molar-refractivity contribution in [2.75, 3.05) is 40.4 Å². The second kappa shape index (κ2) is 6.87. The first kappa shape index (κ1) is 15.7. The molecular weight excluding hydrogens is 275 g/mol. The van der Waals surface area contributed by atoms with E-state index >= 15 is 0 Å². The largest absolute Gasteiger partial charge is 0.490 e. The van der Waals surface area contributed by atoms with Crippen LogP contribution in [0.2, 0.25) is 0 Å².